The second-order valence-corrected chi connectivity index (χ2v) is 4.03. The molecule has 0 aromatic rings. The van der Waals surface area contributed by atoms with Gasteiger partial charge in [0.2, 0.25) is 5.91 Å². The first-order chi connectivity index (χ1) is 7.56. The largest absolute Gasteiger partial charge is 0.481 e. The number of aliphatic carboxylic acids is 1. The van der Waals surface area contributed by atoms with Gasteiger partial charge in [-0.3, -0.25) is 14.5 Å². The number of hydrogen-bond acceptors (Lipinski definition) is 3. The fourth-order valence-electron chi connectivity index (χ4n) is 1.98. The van der Waals surface area contributed by atoms with Crippen LogP contribution in [0.3, 0.4) is 0 Å². The standard InChI is InChI=1S/C11H18N2O3/c1-3-6-13-8(2)4-5-12-11(16)9(13)7-10(14)15/h3,8-9H,1,4-7H2,2H3,(H,12,16)(H,14,15). The molecule has 1 heterocycles. The maximum absolute atomic E-state index is 11.7. The first-order valence-electron chi connectivity index (χ1n) is 5.42. The van der Waals surface area contributed by atoms with Gasteiger partial charge in [-0.1, -0.05) is 6.08 Å². The van der Waals surface area contributed by atoms with Gasteiger partial charge in [0.1, 0.15) is 6.04 Å². The molecule has 2 N–H and O–H groups in total. The van der Waals surface area contributed by atoms with Crippen LogP contribution in [0.4, 0.5) is 0 Å². The van der Waals surface area contributed by atoms with Gasteiger partial charge in [-0.2, -0.15) is 0 Å². The minimum Gasteiger partial charge on any atom is -0.481 e. The Bertz CT molecular complexity index is 291. The van der Waals surface area contributed by atoms with Crippen LogP contribution in [0.1, 0.15) is 19.8 Å². The predicted molar refractivity (Wildman–Crippen MR) is 60.0 cm³/mol. The molecule has 0 aromatic heterocycles. The molecule has 0 spiro atoms. The van der Waals surface area contributed by atoms with Gasteiger partial charge in [0.15, 0.2) is 0 Å². The van der Waals surface area contributed by atoms with Crippen molar-refractivity contribution < 1.29 is 14.7 Å². The van der Waals surface area contributed by atoms with Gasteiger partial charge in [-0.25, -0.2) is 0 Å². The normalized spacial score (nSPS) is 26.9. The number of amides is 1. The van der Waals surface area contributed by atoms with E-state index in [1.165, 1.54) is 0 Å². The Morgan fingerprint density at radius 1 is 1.75 bits per heavy atom. The van der Waals surface area contributed by atoms with Crippen LogP contribution in [0.5, 0.6) is 0 Å². The second kappa shape index (κ2) is 5.65. The van der Waals surface area contributed by atoms with Crippen LogP contribution in [0, 0.1) is 0 Å². The van der Waals surface area contributed by atoms with E-state index in [9.17, 15) is 9.59 Å². The fourth-order valence-corrected chi connectivity index (χ4v) is 1.98. The molecule has 5 nitrogen and oxygen atoms in total. The number of carboxylic acid groups (broad SMARTS) is 1. The monoisotopic (exact) mass is 226 g/mol. The molecule has 1 fully saturated rings. The third-order valence-corrected chi connectivity index (χ3v) is 2.84. The van der Waals surface area contributed by atoms with Gasteiger partial charge in [0, 0.05) is 19.1 Å². The van der Waals surface area contributed by atoms with Crippen LogP contribution in [0.2, 0.25) is 0 Å². The van der Waals surface area contributed by atoms with Crippen LogP contribution in [0.15, 0.2) is 12.7 Å². The van der Waals surface area contributed by atoms with Crippen LogP contribution in [-0.2, 0) is 9.59 Å². The molecule has 1 amide bonds. The topological polar surface area (TPSA) is 69.6 Å². The summed E-state index contributed by atoms with van der Waals surface area (Å²) >= 11 is 0. The number of hydrogen-bond donors (Lipinski definition) is 2. The lowest BCUT2D eigenvalue weighted by Crippen LogP contribution is -2.48. The lowest BCUT2D eigenvalue weighted by Gasteiger charge is -2.31. The Kier molecular flexibility index (Phi) is 4.49. The third kappa shape index (κ3) is 3.06. The smallest absolute Gasteiger partial charge is 0.305 e. The van der Waals surface area contributed by atoms with E-state index < -0.39 is 12.0 Å². The zero-order valence-electron chi connectivity index (χ0n) is 9.48. The first kappa shape index (κ1) is 12.7. The summed E-state index contributed by atoms with van der Waals surface area (Å²) < 4.78 is 0. The SMILES string of the molecule is C=CCN1C(C)CCNC(=O)C1CC(=O)O. The quantitative estimate of drug-likeness (QED) is 0.673. The molecular formula is C11H18N2O3. The van der Waals surface area contributed by atoms with Crippen LogP contribution >= 0.6 is 0 Å². The molecule has 0 saturated carbocycles. The van der Waals surface area contributed by atoms with Crippen molar-refractivity contribution in [3.63, 3.8) is 0 Å². The van der Waals surface area contributed by atoms with Gasteiger partial charge in [0.25, 0.3) is 0 Å². The van der Waals surface area contributed by atoms with E-state index >= 15 is 0 Å². The number of nitrogens with one attached hydrogen (secondary N) is 1. The molecule has 1 rings (SSSR count). The maximum Gasteiger partial charge on any atom is 0.305 e. The van der Waals surface area contributed by atoms with Crippen LogP contribution in [0.25, 0.3) is 0 Å². The molecule has 5 heteroatoms. The predicted octanol–water partition coefficient (Wildman–Crippen LogP) is 0.226. The highest BCUT2D eigenvalue weighted by Crippen LogP contribution is 2.15. The van der Waals surface area contributed by atoms with Crippen molar-refractivity contribution in [3.05, 3.63) is 12.7 Å². The number of rotatable bonds is 4. The number of carboxylic acids is 1. The summed E-state index contributed by atoms with van der Waals surface area (Å²) in [5, 5.41) is 11.6. The van der Waals surface area contributed by atoms with E-state index in [2.05, 4.69) is 11.9 Å². The fraction of sp³-hybridized carbons (Fsp3) is 0.636. The highest BCUT2D eigenvalue weighted by molar-refractivity contribution is 5.86. The molecule has 1 saturated heterocycles. The van der Waals surface area contributed by atoms with Gasteiger partial charge in [-0.15, -0.1) is 6.58 Å². The van der Waals surface area contributed by atoms with Crippen LogP contribution < -0.4 is 5.32 Å². The molecule has 2 unspecified atom stereocenters. The molecular weight excluding hydrogens is 208 g/mol. The number of carbonyl (C=O) groups excluding carboxylic acids is 1. The lowest BCUT2D eigenvalue weighted by molar-refractivity contribution is -0.141. The van der Waals surface area contributed by atoms with Gasteiger partial charge < -0.3 is 10.4 Å². The highest BCUT2D eigenvalue weighted by Gasteiger charge is 2.32. The van der Waals surface area contributed by atoms with Gasteiger partial charge in [0.05, 0.1) is 6.42 Å². The summed E-state index contributed by atoms with van der Waals surface area (Å²) in [6.07, 6.45) is 2.36. The van der Waals surface area contributed by atoms with E-state index in [4.69, 9.17) is 5.11 Å². The van der Waals surface area contributed by atoms with E-state index in [0.717, 1.165) is 6.42 Å². The molecule has 1 aliphatic rings. The minimum atomic E-state index is -0.955. The van der Waals surface area contributed by atoms with Gasteiger partial charge >= 0.3 is 5.97 Å². The summed E-state index contributed by atoms with van der Waals surface area (Å²) in [5.41, 5.74) is 0. The maximum atomic E-state index is 11.7. The van der Waals surface area contributed by atoms with Crippen molar-refractivity contribution in [1.29, 1.82) is 0 Å². The zero-order valence-corrected chi connectivity index (χ0v) is 9.48. The highest BCUT2D eigenvalue weighted by atomic mass is 16.4. The molecule has 90 valence electrons. The second-order valence-electron chi connectivity index (χ2n) is 4.03. The number of carbonyl (C=O) groups is 2. The molecule has 0 aliphatic carbocycles. The Morgan fingerprint density at radius 2 is 2.44 bits per heavy atom. The van der Waals surface area contributed by atoms with Crippen molar-refractivity contribution in [2.24, 2.45) is 0 Å². The molecule has 0 bridgehead atoms. The minimum absolute atomic E-state index is 0.163. The molecule has 2 atom stereocenters. The summed E-state index contributed by atoms with van der Waals surface area (Å²) in [6.45, 7) is 6.77. The molecule has 0 aromatic carbocycles. The lowest BCUT2D eigenvalue weighted by atomic mass is 10.1. The first-order valence-corrected chi connectivity index (χ1v) is 5.42. The Labute approximate surface area is 95.1 Å². The summed E-state index contributed by atoms with van der Waals surface area (Å²) in [4.78, 5) is 24.4. The summed E-state index contributed by atoms with van der Waals surface area (Å²) in [7, 11) is 0. The van der Waals surface area contributed by atoms with Crippen LogP contribution in [-0.4, -0.2) is 47.1 Å². The van der Waals surface area contributed by atoms with E-state index in [0.29, 0.717) is 13.1 Å². The Morgan fingerprint density at radius 3 is 3.00 bits per heavy atom. The van der Waals surface area contributed by atoms with E-state index in [-0.39, 0.29) is 18.4 Å². The van der Waals surface area contributed by atoms with Crippen molar-refractivity contribution in [3.8, 4) is 0 Å². The van der Waals surface area contributed by atoms with Crippen molar-refractivity contribution in [2.45, 2.75) is 31.8 Å². The average Bonchev–Trinajstić information content (AvgIpc) is 2.32. The average molecular weight is 226 g/mol. The van der Waals surface area contributed by atoms with E-state index in [1.807, 2.05) is 11.8 Å². The zero-order chi connectivity index (χ0) is 12.1. The Hall–Kier alpha value is -1.36. The summed E-state index contributed by atoms with van der Waals surface area (Å²) in [6, 6.07) is -0.408. The molecule has 0 radical (unpaired) electrons. The summed E-state index contributed by atoms with van der Waals surface area (Å²) in [5.74, 6) is -1.16. The third-order valence-electron chi connectivity index (χ3n) is 2.84. The van der Waals surface area contributed by atoms with Gasteiger partial charge in [-0.05, 0) is 13.3 Å². The van der Waals surface area contributed by atoms with Crippen molar-refractivity contribution in [1.82, 2.24) is 10.2 Å². The van der Waals surface area contributed by atoms with Crippen molar-refractivity contribution in [2.75, 3.05) is 13.1 Å². The molecule has 16 heavy (non-hydrogen) atoms. The number of nitrogens with zero attached hydrogens (tertiary/aromatic N) is 1. The van der Waals surface area contributed by atoms with Crippen molar-refractivity contribution >= 4 is 11.9 Å². The molecule has 1 aliphatic heterocycles. The van der Waals surface area contributed by atoms with E-state index in [1.54, 1.807) is 6.08 Å². The Balaban J connectivity index is 2.85.